The summed E-state index contributed by atoms with van der Waals surface area (Å²) in [6.07, 6.45) is 1.35. The molecule has 8 nitrogen and oxygen atoms in total. The van der Waals surface area contributed by atoms with Crippen molar-refractivity contribution < 1.29 is 27.4 Å². The summed E-state index contributed by atoms with van der Waals surface area (Å²) < 4.78 is 45.8. The molecule has 172 valence electrons. The molecule has 1 unspecified atom stereocenters. The Morgan fingerprint density at radius 1 is 1.22 bits per heavy atom. The largest absolute Gasteiger partial charge is 0.495 e. The van der Waals surface area contributed by atoms with Gasteiger partial charge in [-0.05, 0) is 61.0 Å². The molecule has 0 aromatic heterocycles. The van der Waals surface area contributed by atoms with Gasteiger partial charge < -0.3 is 20.5 Å². The van der Waals surface area contributed by atoms with Crippen LogP contribution in [0.15, 0.2) is 47.4 Å². The maximum Gasteiger partial charge on any atom is 0.305 e. The van der Waals surface area contributed by atoms with Crippen molar-refractivity contribution in [1.82, 2.24) is 9.62 Å². The van der Waals surface area contributed by atoms with Gasteiger partial charge in [-0.15, -0.1) is 0 Å². The van der Waals surface area contributed by atoms with E-state index in [4.69, 9.17) is 17.0 Å². The number of aliphatic carboxylic acids is 1. The SMILES string of the molecule is COc1ccc(S(=O)(=O)N2CCCC2)cc1NC(=S)NC(CC(=O)O)c1ccc(F)cc1. The van der Waals surface area contributed by atoms with Crippen LogP contribution in [0.25, 0.3) is 0 Å². The second kappa shape index (κ2) is 10.2. The zero-order valence-corrected chi connectivity index (χ0v) is 19.0. The van der Waals surface area contributed by atoms with E-state index in [1.807, 2.05) is 0 Å². The first-order chi connectivity index (χ1) is 15.2. The van der Waals surface area contributed by atoms with Crippen LogP contribution in [-0.4, -0.2) is 49.1 Å². The van der Waals surface area contributed by atoms with Crippen molar-refractivity contribution in [1.29, 1.82) is 0 Å². The molecule has 2 aromatic carbocycles. The maximum atomic E-state index is 13.3. The van der Waals surface area contributed by atoms with Gasteiger partial charge in [-0.1, -0.05) is 12.1 Å². The van der Waals surface area contributed by atoms with E-state index in [1.165, 1.54) is 53.9 Å². The van der Waals surface area contributed by atoms with Gasteiger partial charge in [-0.3, -0.25) is 4.79 Å². The molecule has 0 bridgehead atoms. The first kappa shape index (κ1) is 23.9. The molecule has 0 amide bonds. The summed E-state index contributed by atoms with van der Waals surface area (Å²) in [5, 5.41) is 15.1. The van der Waals surface area contributed by atoms with Crippen LogP contribution in [0.2, 0.25) is 0 Å². The Hall–Kier alpha value is -2.76. The molecular weight excluding hydrogens is 457 g/mol. The molecule has 1 atom stereocenters. The van der Waals surface area contributed by atoms with E-state index in [-0.39, 0.29) is 16.4 Å². The predicted molar refractivity (Wildman–Crippen MR) is 122 cm³/mol. The Balaban J connectivity index is 1.81. The standard InChI is InChI=1S/C21H24FN3O5S2/c1-30-19-9-8-16(32(28,29)25-10-2-3-11-25)12-18(19)24-21(31)23-17(13-20(26)27)14-4-6-15(22)7-5-14/h4-9,12,17H,2-3,10-11,13H2,1H3,(H,26,27)(H2,23,24,31). The molecule has 1 aliphatic heterocycles. The summed E-state index contributed by atoms with van der Waals surface area (Å²) in [5.41, 5.74) is 0.855. The van der Waals surface area contributed by atoms with E-state index in [0.717, 1.165) is 12.8 Å². The molecule has 1 saturated heterocycles. The summed E-state index contributed by atoms with van der Waals surface area (Å²) in [7, 11) is -2.21. The fraction of sp³-hybridized carbons (Fsp3) is 0.333. The number of sulfonamides is 1. The summed E-state index contributed by atoms with van der Waals surface area (Å²) in [4.78, 5) is 11.4. The number of carboxylic acid groups (broad SMARTS) is 1. The number of nitrogens with zero attached hydrogens (tertiary/aromatic N) is 1. The number of anilines is 1. The second-order valence-electron chi connectivity index (χ2n) is 7.27. The number of ether oxygens (including phenoxy) is 1. The van der Waals surface area contributed by atoms with Gasteiger partial charge in [0, 0.05) is 13.1 Å². The van der Waals surface area contributed by atoms with Gasteiger partial charge >= 0.3 is 5.97 Å². The zero-order valence-electron chi connectivity index (χ0n) is 17.4. The van der Waals surface area contributed by atoms with Crippen LogP contribution in [0.3, 0.4) is 0 Å². The number of benzene rings is 2. The fourth-order valence-electron chi connectivity index (χ4n) is 3.46. The summed E-state index contributed by atoms with van der Waals surface area (Å²) >= 11 is 5.34. The molecule has 0 radical (unpaired) electrons. The van der Waals surface area contributed by atoms with Crippen LogP contribution in [0.1, 0.15) is 30.9 Å². The first-order valence-corrected chi connectivity index (χ1v) is 11.8. The monoisotopic (exact) mass is 481 g/mol. The van der Waals surface area contributed by atoms with Gasteiger partial charge in [0.2, 0.25) is 10.0 Å². The van der Waals surface area contributed by atoms with E-state index in [1.54, 1.807) is 0 Å². The van der Waals surface area contributed by atoms with Crippen molar-refractivity contribution >= 4 is 39.0 Å². The normalized spacial score (nSPS) is 15.2. The van der Waals surface area contributed by atoms with Crippen molar-refractivity contribution in [2.24, 2.45) is 0 Å². The van der Waals surface area contributed by atoms with Crippen molar-refractivity contribution in [3.05, 3.63) is 53.8 Å². The number of nitrogens with one attached hydrogen (secondary N) is 2. The van der Waals surface area contributed by atoms with E-state index in [2.05, 4.69) is 10.6 Å². The van der Waals surface area contributed by atoms with E-state index < -0.39 is 27.9 Å². The number of carboxylic acids is 1. The molecule has 0 saturated carbocycles. The molecule has 32 heavy (non-hydrogen) atoms. The van der Waals surface area contributed by atoms with Crippen molar-refractivity contribution in [2.75, 3.05) is 25.5 Å². The lowest BCUT2D eigenvalue weighted by Crippen LogP contribution is -2.34. The van der Waals surface area contributed by atoms with Crippen LogP contribution in [0.4, 0.5) is 10.1 Å². The minimum atomic E-state index is -3.65. The smallest absolute Gasteiger partial charge is 0.305 e. The molecule has 11 heteroatoms. The Bertz CT molecular complexity index is 1090. The molecule has 1 aliphatic rings. The highest BCUT2D eigenvalue weighted by molar-refractivity contribution is 7.89. The molecule has 3 N–H and O–H groups in total. The predicted octanol–water partition coefficient (Wildman–Crippen LogP) is 3.12. The lowest BCUT2D eigenvalue weighted by Gasteiger charge is -2.21. The maximum absolute atomic E-state index is 13.3. The van der Waals surface area contributed by atoms with Crippen molar-refractivity contribution in [3.8, 4) is 5.75 Å². The van der Waals surface area contributed by atoms with Crippen molar-refractivity contribution in [2.45, 2.75) is 30.2 Å². The Kier molecular flexibility index (Phi) is 7.64. The summed E-state index contributed by atoms with van der Waals surface area (Å²) in [6, 6.07) is 9.13. The lowest BCUT2D eigenvalue weighted by atomic mass is 10.0. The highest BCUT2D eigenvalue weighted by atomic mass is 32.2. The molecule has 1 heterocycles. The number of carbonyl (C=O) groups is 1. The third-order valence-electron chi connectivity index (χ3n) is 5.08. The number of halogens is 1. The van der Waals surface area contributed by atoms with E-state index in [0.29, 0.717) is 30.1 Å². The van der Waals surface area contributed by atoms with Gasteiger partial charge in [-0.2, -0.15) is 4.31 Å². The highest BCUT2D eigenvalue weighted by Crippen LogP contribution is 2.30. The molecule has 1 fully saturated rings. The van der Waals surface area contributed by atoms with Gasteiger partial charge in [0.15, 0.2) is 5.11 Å². The lowest BCUT2D eigenvalue weighted by molar-refractivity contribution is -0.137. The minimum Gasteiger partial charge on any atom is -0.495 e. The van der Waals surface area contributed by atoms with Gasteiger partial charge in [0.1, 0.15) is 11.6 Å². The summed E-state index contributed by atoms with van der Waals surface area (Å²) in [6.45, 7) is 0.956. The number of rotatable bonds is 8. The molecule has 0 spiro atoms. The van der Waals surface area contributed by atoms with Gasteiger partial charge in [0.05, 0.1) is 30.2 Å². The van der Waals surface area contributed by atoms with Crippen LogP contribution < -0.4 is 15.4 Å². The average molecular weight is 482 g/mol. The summed E-state index contributed by atoms with van der Waals surface area (Å²) in [5.74, 6) is -1.14. The van der Waals surface area contributed by atoms with Crippen LogP contribution >= 0.6 is 12.2 Å². The Morgan fingerprint density at radius 2 is 1.88 bits per heavy atom. The van der Waals surface area contributed by atoms with Crippen LogP contribution in [0, 0.1) is 5.82 Å². The van der Waals surface area contributed by atoms with E-state index in [9.17, 15) is 22.7 Å². The van der Waals surface area contributed by atoms with Crippen LogP contribution in [0.5, 0.6) is 5.75 Å². The quantitative estimate of drug-likeness (QED) is 0.494. The van der Waals surface area contributed by atoms with Crippen LogP contribution in [-0.2, 0) is 14.8 Å². The topological polar surface area (TPSA) is 108 Å². The Morgan fingerprint density at radius 3 is 2.47 bits per heavy atom. The van der Waals surface area contributed by atoms with Gasteiger partial charge in [0.25, 0.3) is 0 Å². The molecule has 3 rings (SSSR count). The third-order valence-corrected chi connectivity index (χ3v) is 7.19. The molecule has 0 aliphatic carbocycles. The fourth-order valence-corrected chi connectivity index (χ4v) is 5.26. The number of methoxy groups -OCH3 is 1. The van der Waals surface area contributed by atoms with Gasteiger partial charge in [-0.25, -0.2) is 12.8 Å². The highest BCUT2D eigenvalue weighted by Gasteiger charge is 2.28. The Labute approximate surface area is 191 Å². The number of thiocarbonyl (C=S) groups is 1. The first-order valence-electron chi connectivity index (χ1n) is 9.93. The molecule has 2 aromatic rings. The second-order valence-corrected chi connectivity index (χ2v) is 9.62. The van der Waals surface area contributed by atoms with E-state index >= 15 is 0 Å². The third kappa shape index (κ3) is 5.72. The number of hydrogen-bond acceptors (Lipinski definition) is 5. The average Bonchev–Trinajstić information content (AvgIpc) is 3.29. The zero-order chi connectivity index (χ0) is 23.3. The number of hydrogen-bond donors (Lipinski definition) is 3. The minimum absolute atomic E-state index is 0.0644. The molecular formula is C21H24FN3O5S2. The van der Waals surface area contributed by atoms with Crippen molar-refractivity contribution in [3.63, 3.8) is 0 Å².